The Bertz CT molecular complexity index is 1500. The summed E-state index contributed by atoms with van der Waals surface area (Å²) in [5.41, 5.74) is 3.22. The summed E-state index contributed by atoms with van der Waals surface area (Å²) < 4.78 is 3.12. The van der Waals surface area contributed by atoms with Gasteiger partial charge in [-0.05, 0) is 22.3 Å². The van der Waals surface area contributed by atoms with Gasteiger partial charge in [-0.2, -0.15) is 0 Å². The van der Waals surface area contributed by atoms with Crippen LogP contribution in [0.2, 0.25) is 0 Å². The smallest absolute Gasteiger partial charge is 0.326 e. The molecule has 0 saturated carbocycles. The van der Waals surface area contributed by atoms with Crippen molar-refractivity contribution in [3.63, 3.8) is 0 Å². The minimum Gasteiger partial charge on any atom is -0.456 e. The third-order valence-electron chi connectivity index (χ3n) is 7.71. The molecule has 1 aliphatic heterocycles. The van der Waals surface area contributed by atoms with Gasteiger partial charge in [-0.3, -0.25) is 34.2 Å². The lowest BCUT2D eigenvalue weighted by Gasteiger charge is -2.55. The number of non-ortho nitro benzene ring substituents is 1. The number of halogens is 2. The van der Waals surface area contributed by atoms with Crippen molar-refractivity contribution in [1.29, 1.82) is 0 Å². The minimum absolute atomic E-state index is 0.00547. The highest BCUT2D eigenvalue weighted by atomic mass is 79.9. The Balaban J connectivity index is 1.27. The molecule has 2 atom stereocenters. The lowest BCUT2D eigenvalue weighted by molar-refractivity contribution is -0.384. The molecular weight excluding hydrogens is 636 g/mol. The zero-order valence-electron chi connectivity index (χ0n) is 20.0. The topological polar surface area (TPSA) is 124 Å². The molecule has 0 radical (unpaired) electrons. The number of nitro benzene ring substituents is 1. The minimum atomic E-state index is -0.982. The van der Waals surface area contributed by atoms with Crippen LogP contribution in [-0.2, 0) is 27.8 Å². The number of nitrogens with zero attached hydrogens (tertiary/aromatic N) is 2. The summed E-state index contributed by atoms with van der Waals surface area (Å²) in [6, 6.07) is 20.3. The maximum atomic E-state index is 13.8. The third kappa shape index (κ3) is 3.49. The van der Waals surface area contributed by atoms with Crippen LogP contribution in [0, 0.1) is 22.0 Å². The van der Waals surface area contributed by atoms with E-state index in [-0.39, 0.29) is 11.3 Å². The SMILES string of the molecule is O=C(CN1C(=O)[C@@H]2[C@@H](C1=O)C1(Br)c3ccccc3C2(Br)c2ccccc21)OCC(=O)c1cccc([N+](=O)[O-])c1. The molecule has 4 aliphatic rings. The Hall–Kier alpha value is -3.70. The molecule has 1 fully saturated rings. The van der Waals surface area contributed by atoms with Gasteiger partial charge in [0.05, 0.1) is 25.4 Å². The van der Waals surface area contributed by atoms with Gasteiger partial charge < -0.3 is 4.74 Å². The molecule has 2 amide bonds. The first-order chi connectivity index (χ1) is 18.6. The van der Waals surface area contributed by atoms with Crippen LogP contribution in [0.25, 0.3) is 0 Å². The number of esters is 1. The standard InChI is InChI=1S/C28H18Br2N2O7/c29-27-17-8-1-2-9-18(17)28(30,20-11-4-3-10-19(20)27)24-23(27)25(35)31(26(24)36)13-22(34)39-14-21(33)15-6-5-7-16(12-15)32(37)38/h1-12,23-24H,13-14H2/t23-,24-,27?,28?/m0/s1. The number of rotatable bonds is 6. The molecule has 0 unspecified atom stereocenters. The van der Waals surface area contributed by atoms with Gasteiger partial charge in [0.25, 0.3) is 5.69 Å². The van der Waals surface area contributed by atoms with Gasteiger partial charge in [-0.15, -0.1) is 0 Å². The van der Waals surface area contributed by atoms with Crippen molar-refractivity contribution in [3.05, 3.63) is 111 Å². The Morgan fingerprint density at radius 2 is 1.33 bits per heavy atom. The molecule has 3 aromatic rings. The Kier molecular flexibility index (Phi) is 5.85. The van der Waals surface area contributed by atoms with E-state index in [0.717, 1.165) is 33.2 Å². The number of hydrogen-bond donors (Lipinski definition) is 0. The van der Waals surface area contributed by atoms with Gasteiger partial charge in [0.15, 0.2) is 6.61 Å². The molecule has 39 heavy (non-hydrogen) atoms. The Morgan fingerprint density at radius 3 is 1.79 bits per heavy atom. The zero-order valence-corrected chi connectivity index (χ0v) is 23.2. The van der Waals surface area contributed by atoms with E-state index in [4.69, 9.17) is 4.74 Å². The van der Waals surface area contributed by atoms with Crippen LogP contribution in [0.15, 0.2) is 72.8 Å². The normalized spacial score (nSPS) is 26.1. The molecule has 1 saturated heterocycles. The number of amides is 2. The lowest BCUT2D eigenvalue weighted by atomic mass is 9.54. The summed E-state index contributed by atoms with van der Waals surface area (Å²) in [6.07, 6.45) is 0. The number of likely N-dealkylation sites (tertiary alicyclic amines) is 1. The van der Waals surface area contributed by atoms with Crippen molar-refractivity contribution in [2.45, 2.75) is 8.65 Å². The first-order valence-electron chi connectivity index (χ1n) is 12.0. The second-order valence-corrected chi connectivity index (χ2v) is 12.1. The van der Waals surface area contributed by atoms with Crippen LogP contribution < -0.4 is 0 Å². The fraction of sp³-hybridized carbons (Fsp3) is 0.214. The second kappa shape index (κ2) is 8.92. The fourth-order valence-electron chi connectivity index (χ4n) is 6.08. The number of Topliss-reactive ketones (excluding diaryl/α,β-unsaturated/α-hetero) is 1. The van der Waals surface area contributed by atoms with E-state index >= 15 is 0 Å². The van der Waals surface area contributed by atoms with Crippen LogP contribution in [-0.4, -0.2) is 46.5 Å². The number of nitro groups is 1. The molecule has 196 valence electrons. The number of imide groups is 1. The molecule has 9 nitrogen and oxygen atoms in total. The maximum Gasteiger partial charge on any atom is 0.326 e. The van der Waals surface area contributed by atoms with Crippen molar-refractivity contribution in [3.8, 4) is 0 Å². The number of carbonyl (C=O) groups excluding carboxylic acids is 4. The van der Waals surface area contributed by atoms with Gasteiger partial charge in [-0.1, -0.05) is 92.5 Å². The van der Waals surface area contributed by atoms with Crippen molar-refractivity contribution < 1.29 is 28.8 Å². The summed E-state index contributed by atoms with van der Waals surface area (Å²) in [4.78, 5) is 64.1. The van der Waals surface area contributed by atoms with Crippen LogP contribution in [0.5, 0.6) is 0 Å². The number of hydrogen-bond acceptors (Lipinski definition) is 7. The fourth-order valence-corrected chi connectivity index (χ4v) is 8.38. The van der Waals surface area contributed by atoms with Gasteiger partial charge in [0, 0.05) is 17.7 Å². The molecular formula is C28H18Br2N2O7. The summed E-state index contributed by atoms with van der Waals surface area (Å²) in [6.45, 7) is -1.35. The Labute approximate surface area is 238 Å². The van der Waals surface area contributed by atoms with Gasteiger partial charge in [0.2, 0.25) is 17.6 Å². The number of ether oxygens (including phenoxy) is 1. The molecule has 0 N–H and O–H groups in total. The summed E-state index contributed by atoms with van der Waals surface area (Å²) in [5, 5.41) is 11.0. The molecule has 0 spiro atoms. The maximum absolute atomic E-state index is 13.8. The number of ketones is 1. The molecule has 3 aromatic carbocycles. The molecule has 1 heterocycles. The van der Waals surface area contributed by atoms with Crippen LogP contribution in [0.1, 0.15) is 32.6 Å². The molecule has 7 rings (SSSR count). The Morgan fingerprint density at radius 1 is 0.846 bits per heavy atom. The highest BCUT2D eigenvalue weighted by Crippen LogP contribution is 2.70. The van der Waals surface area contributed by atoms with E-state index in [1.165, 1.54) is 18.2 Å². The first-order valence-corrected chi connectivity index (χ1v) is 13.5. The van der Waals surface area contributed by atoms with E-state index in [0.29, 0.717) is 0 Å². The average Bonchev–Trinajstić information content (AvgIpc) is 3.20. The second-order valence-electron chi connectivity index (χ2n) is 9.62. The predicted molar refractivity (Wildman–Crippen MR) is 144 cm³/mol. The van der Waals surface area contributed by atoms with E-state index in [1.54, 1.807) is 0 Å². The summed E-state index contributed by atoms with van der Waals surface area (Å²) in [5.74, 6) is -4.28. The first kappa shape index (κ1) is 25.6. The van der Waals surface area contributed by atoms with Crippen LogP contribution in [0.3, 0.4) is 0 Å². The monoisotopic (exact) mass is 652 g/mol. The molecule has 0 aromatic heterocycles. The van der Waals surface area contributed by atoms with E-state index in [2.05, 4.69) is 31.9 Å². The summed E-state index contributed by atoms with van der Waals surface area (Å²) in [7, 11) is 0. The molecule has 2 bridgehead atoms. The molecule has 3 aliphatic carbocycles. The summed E-state index contributed by atoms with van der Waals surface area (Å²) >= 11 is 7.77. The van der Waals surface area contributed by atoms with Crippen molar-refractivity contribution in [2.75, 3.05) is 13.2 Å². The largest absolute Gasteiger partial charge is 0.456 e. The zero-order chi connectivity index (χ0) is 27.7. The lowest BCUT2D eigenvalue weighted by Crippen LogP contribution is -2.56. The van der Waals surface area contributed by atoms with Gasteiger partial charge in [-0.25, -0.2) is 0 Å². The predicted octanol–water partition coefficient (Wildman–Crippen LogP) is 4.23. The van der Waals surface area contributed by atoms with E-state index < -0.39 is 62.1 Å². The average molecular weight is 654 g/mol. The highest BCUT2D eigenvalue weighted by molar-refractivity contribution is 9.10. The molecule has 11 heteroatoms. The van der Waals surface area contributed by atoms with Gasteiger partial charge >= 0.3 is 5.97 Å². The van der Waals surface area contributed by atoms with Crippen LogP contribution >= 0.6 is 31.9 Å². The van der Waals surface area contributed by atoms with Gasteiger partial charge in [0.1, 0.15) is 6.54 Å². The van der Waals surface area contributed by atoms with Crippen LogP contribution in [0.4, 0.5) is 5.69 Å². The highest BCUT2D eigenvalue weighted by Gasteiger charge is 2.72. The number of benzene rings is 3. The number of carbonyl (C=O) groups is 4. The van der Waals surface area contributed by atoms with Crippen molar-refractivity contribution in [1.82, 2.24) is 4.90 Å². The van der Waals surface area contributed by atoms with Crippen molar-refractivity contribution in [2.24, 2.45) is 11.8 Å². The van der Waals surface area contributed by atoms with Crippen molar-refractivity contribution >= 4 is 61.1 Å². The third-order valence-corrected chi connectivity index (χ3v) is 10.4. The quantitative estimate of drug-likeness (QED) is 0.0974. The number of alkyl halides is 2. The van der Waals surface area contributed by atoms with E-state index in [1.807, 2.05) is 48.5 Å². The van der Waals surface area contributed by atoms with E-state index in [9.17, 15) is 29.3 Å².